The van der Waals surface area contributed by atoms with Gasteiger partial charge in [-0.3, -0.25) is 20.0 Å². The number of rotatable bonds is 7. The normalized spacial score (nSPS) is 10.4. The highest BCUT2D eigenvalue weighted by molar-refractivity contribution is 7.99. The molecule has 1 aromatic heterocycles. The van der Waals surface area contributed by atoms with E-state index in [4.69, 9.17) is 0 Å². The third kappa shape index (κ3) is 5.14. The fourth-order valence-electron chi connectivity index (χ4n) is 2.46. The largest absolute Gasteiger partial charge is 0.329 e. The van der Waals surface area contributed by atoms with Crippen LogP contribution in [0.25, 0.3) is 0 Å². The molecule has 28 heavy (non-hydrogen) atoms. The summed E-state index contributed by atoms with van der Waals surface area (Å²) in [6, 6.07) is 16.3. The number of hydrogen-bond acceptors (Lipinski definition) is 5. The maximum atomic E-state index is 12.4. The molecule has 0 bridgehead atoms. The van der Waals surface area contributed by atoms with Crippen molar-refractivity contribution >= 4 is 35.0 Å². The summed E-state index contributed by atoms with van der Waals surface area (Å²) in [4.78, 5) is 28.6. The summed E-state index contributed by atoms with van der Waals surface area (Å²) < 4.78 is 1.86. The van der Waals surface area contributed by atoms with Gasteiger partial charge in [0.15, 0.2) is 5.16 Å². The molecule has 0 saturated heterocycles. The first kappa shape index (κ1) is 19.5. The number of benzene rings is 2. The van der Waals surface area contributed by atoms with Crippen LogP contribution in [0.15, 0.2) is 72.1 Å². The number of aryl methyl sites for hydroxylation is 1. The van der Waals surface area contributed by atoms with E-state index in [0.717, 1.165) is 10.8 Å². The molecule has 0 aliphatic heterocycles. The Labute approximate surface area is 167 Å². The van der Waals surface area contributed by atoms with E-state index in [1.165, 1.54) is 11.8 Å². The fourth-order valence-corrected chi connectivity index (χ4v) is 3.19. The lowest BCUT2D eigenvalue weighted by molar-refractivity contribution is -0.113. The zero-order chi connectivity index (χ0) is 19.9. The fraction of sp³-hybridized carbons (Fsp3) is 0.150. The Morgan fingerprint density at radius 3 is 2.46 bits per heavy atom. The number of aromatic nitrogens is 2. The molecule has 2 N–H and O–H groups in total. The van der Waals surface area contributed by atoms with Gasteiger partial charge in [-0.15, -0.1) is 0 Å². The maximum absolute atomic E-state index is 12.4. The summed E-state index contributed by atoms with van der Waals surface area (Å²) in [6.45, 7) is 0. The molecule has 144 valence electrons. The van der Waals surface area contributed by atoms with Crippen LogP contribution >= 0.6 is 11.8 Å². The lowest BCUT2D eigenvalue weighted by Gasteiger charge is -2.20. The van der Waals surface area contributed by atoms with E-state index in [1.807, 2.05) is 48.1 Å². The van der Waals surface area contributed by atoms with Crippen molar-refractivity contribution in [2.24, 2.45) is 7.05 Å². The van der Waals surface area contributed by atoms with Gasteiger partial charge in [-0.1, -0.05) is 30.0 Å². The highest BCUT2D eigenvalue weighted by Gasteiger charge is 2.10. The van der Waals surface area contributed by atoms with E-state index in [2.05, 4.69) is 15.7 Å². The molecule has 2 aromatic carbocycles. The molecule has 0 aliphatic rings. The smallest absolute Gasteiger partial charge is 0.269 e. The van der Waals surface area contributed by atoms with E-state index in [0.29, 0.717) is 11.3 Å². The molecular formula is C20H21N5O2S. The van der Waals surface area contributed by atoms with E-state index in [1.54, 1.807) is 42.5 Å². The number of imidazole rings is 1. The van der Waals surface area contributed by atoms with Crippen LogP contribution in [0, 0.1) is 0 Å². The van der Waals surface area contributed by atoms with Crippen LogP contribution in [0.1, 0.15) is 10.4 Å². The molecule has 2 amide bonds. The Morgan fingerprint density at radius 1 is 1.11 bits per heavy atom. The van der Waals surface area contributed by atoms with Crippen LogP contribution in [0.2, 0.25) is 0 Å². The van der Waals surface area contributed by atoms with Gasteiger partial charge >= 0.3 is 0 Å². The van der Waals surface area contributed by atoms with Crippen LogP contribution in [-0.4, -0.2) is 34.2 Å². The molecule has 0 aliphatic carbocycles. The Kier molecular flexibility index (Phi) is 6.33. The highest BCUT2D eigenvalue weighted by Crippen LogP contribution is 2.16. The first-order valence-corrected chi connectivity index (χ1v) is 9.61. The van der Waals surface area contributed by atoms with Crippen LogP contribution < -0.4 is 15.8 Å². The van der Waals surface area contributed by atoms with Crippen molar-refractivity contribution in [3.63, 3.8) is 0 Å². The topological polar surface area (TPSA) is 79.3 Å². The molecule has 0 saturated carbocycles. The number of nitrogens with one attached hydrogen (secondary N) is 2. The van der Waals surface area contributed by atoms with Gasteiger partial charge < -0.3 is 9.88 Å². The second kappa shape index (κ2) is 9.09. The molecule has 0 radical (unpaired) electrons. The predicted molar refractivity (Wildman–Crippen MR) is 111 cm³/mol. The number of para-hydroxylation sites is 1. The standard InChI is InChI=1S/C20H21N5O2S/c1-24-13-12-21-20(24)28-14-18(26)22-16-10-8-15(9-11-16)19(27)23-25(2)17-6-4-3-5-7-17/h3-13H,14H2,1-2H3,(H,22,26)(H,23,27). The zero-order valence-corrected chi connectivity index (χ0v) is 16.4. The summed E-state index contributed by atoms with van der Waals surface area (Å²) in [7, 11) is 3.66. The average Bonchev–Trinajstić information content (AvgIpc) is 3.12. The first-order chi connectivity index (χ1) is 13.5. The lowest BCUT2D eigenvalue weighted by atomic mass is 10.2. The van der Waals surface area contributed by atoms with Crippen molar-refractivity contribution in [2.45, 2.75) is 5.16 Å². The van der Waals surface area contributed by atoms with Gasteiger partial charge in [0.2, 0.25) is 5.91 Å². The van der Waals surface area contributed by atoms with Gasteiger partial charge in [0.25, 0.3) is 5.91 Å². The second-order valence-corrected chi connectivity index (χ2v) is 7.01. The minimum Gasteiger partial charge on any atom is -0.329 e. The average molecular weight is 395 g/mol. The van der Waals surface area contributed by atoms with Gasteiger partial charge in [-0.2, -0.15) is 0 Å². The summed E-state index contributed by atoms with van der Waals surface area (Å²) in [5, 5.41) is 5.26. The van der Waals surface area contributed by atoms with E-state index in [-0.39, 0.29) is 17.6 Å². The zero-order valence-electron chi connectivity index (χ0n) is 15.6. The summed E-state index contributed by atoms with van der Waals surface area (Å²) >= 11 is 1.36. The van der Waals surface area contributed by atoms with Crippen LogP contribution in [0.5, 0.6) is 0 Å². The van der Waals surface area contributed by atoms with Crippen molar-refractivity contribution in [1.29, 1.82) is 0 Å². The molecule has 3 aromatic rings. The Hall–Kier alpha value is -3.26. The van der Waals surface area contributed by atoms with Gasteiger partial charge in [-0.05, 0) is 36.4 Å². The highest BCUT2D eigenvalue weighted by atomic mass is 32.2. The molecule has 0 unspecified atom stereocenters. The predicted octanol–water partition coefficient (Wildman–Crippen LogP) is 2.93. The van der Waals surface area contributed by atoms with Gasteiger partial charge in [-0.25, -0.2) is 4.98 Å². The summed E-state index contributed by atoms with van der Waals surface area (Å²) in [5.41, 5.74) is 4.83. The number of thioether (sulfide) groups is 1. The van der Waals surface area contributed by atoms with Crippen molar-refractivity contribution in [2.75, 3.05) is 23.1 Å². The number of hydrogen-bond donors (Lipinski definition) is 2. The molecule has 0 atom stereocenters. The van der Waals surface area contributed by atoms with Gasteiger partial charge in [0.1, 0.15) is 0 Å². The summed E-state index contributed by atoms with van der Waals surface area (Å²) in [6.07, 6.45) is 3.53. The van der Waals surface area contributed by atoms with Crippen molar-refractivity contribution in [3.8, 4) is 0 Å². The monoisotopic (exact) mass is 395 g/mol. The maximum Gasteiger partial charge on any atom is 0.269 e. The molecular weight excluding hydrogens is 374 g/mol. The van der Waals surface area contributed by atoms with Crippen molar-refractivity contribution in [3.05, 3.63) is 72.6 Å². The number of hydrazine groups is 1. The SMILES string of the molecule is CN(NC(=O)c1ccc(NC(=O)CSc2nccn2C)cc1)c1ccccc1. The molecule has 0 spiro atoms. The Bertz CT molecular complexity index is 941. The third-order valence-electron chi connectivity index (χ3n) is 3.95. The lowest BCUT2D eigenvalue weighted by Crippen LogP contribution is -2.39. The number of carbonyl (C=O) groups excluding carboxylic acids is 2. The van der Waals surface area contributed by atoms with Crippen LogP contribution in [0.4, 0.5) is 11.4 Å². The van der Waals surface area contributed by atoms with Gasteiger partial charge in [0.05, 0.1) is 11.4 Å². The van der Waals surface area contributed by atoms with E-state index in [9.17, 15) is 9.59 Å². The van der Waals surface area contributed by atoms with Crippen LogP contribution in [-0.2, 0) is 11.8 Å². The first-order valence-electron chi connectivity index (χ1n) is 8.63. The Balaban J connectivity index is 1.52. The van der Waals surface area contributed by atoms with Crippen molar-refractivity contribution in [1.82, 2.24) is 15.0 Å². The molecule has 7 nitrogen and oxygen atoms in total. The molecule has 3 rings (SSSR count). The second-order valence-electron chi connectivity index (χ2n) is 6.07. The van der Waals surface area contributed by atoms with E-state index < -0.39 is 0 Å². The number of anilines is 2. The Morgan fingerprint density at radius 2 is 1.82 bits per heavy atom. The van der Waals surface area contributed by atoms with Gasteiger partial charge in [0, 0.05) is 37.7 Å². The minimum atomic E-state index is -0.227. The van der Waals surface area contributed by atoms with Crippen molar-refractivity contribution < 1.29 is 9.59 Å². The summed E-state index contributed by atoms with van der Waals surface area (Å²) in [5.74, 6) is -0.0989. The quantitative estimate of drug-likeness (QED) is 0.475. The molecule has 1 heterocycles. The number of carbonyl (C=O) groups is 2. The number of amides is 2. The van der Waals surface area contributed by atoms with Crippen LogP contribution in [0.3, 0.4) is 0 Å². The molecule has 0 fully saturated rings. The number of nitrogens with zero attached hydrogens (tertiary/aromatic N) is 3. The third-order valence-corrected chi connectivity index (χ3v) is 5.01. The molecule has 8 heteroatoms. The van der Waals surface area contributed by atoms with E-state index >= 15 is 0 Å². The minimum absolute atomic E-state index is 0.131.